The summed E-state index contributed by atoms with van der Waals surface area (Å²) < 4.78 is 3.60. The Balaban J connectivity index is 1.27. The van der Waals surface area contributed by atoms with Gasteiger partial charge < -0.3 is 10.6 Å². The number of nitrogens with one attached hydrogen (secondary N) is 3. The van der Waals surface area contributed by atoms with Crippen LogP contribution in [0.2, 0.25) is 0 Å². The number of para-hydroxylation sites is 2. The van der Waals surface area contributed by atoms with Gasteiger partial charge in [0.25, 0.3) is 0 Å². The van der Waals surface area contributed by atoms with Gasteiger partial charge in [0.1, 0.15) is 5.82 Å². The molecule has 3 heterocycles. The number of hydrogen-bond donors (Lipinski definition) is 3. The van der Waals surface area contributed by atoms with E-state index in [2.05, 4.69) is 41.8 Å². The van der Waals surface area contributed by atoms with Crippen LogP contribution in [0.4, 0.5) is 16.3 Å². The first-order valence-electron chi connectivity index (χ1n) is 16.8. The Morgan fingerprint density at radius 1 is 0.875 bits per heavy atom. The largest absolute Gasteiger partial charge is 0.324 e. The third-order valence-electron chi connectivity index (χ3n) is 9.28. The van der Waals surface area contributed by atoms with E-state index >= 15 is 0 Å². The Morgan fingerprint density at radius 2 is 1.54 bits per heavy atom. The fraction of sp³-hybridized carbons (Fsp3) is 0.333. The van der Waals surface area contributed by atoms with Crippen LogP contribution in [0.1, 0.15) is 78.8 Å². The van der Waals surface area contributed by atoms with Gasteiger partial charge in [-0.1, -0.05) is 74.9 Å². The average molecular weight is 644 g/mol. The smallest absolute Gasteiger partial charge is 0.317 e. The molecular weight excluding hydrogens is 598 g/mol. The molecule has 1 unspecified atom stereocenters. The summed E-state index contributed by atoms with van der Waals surface area (Å²) in [6, 6.07) is 27.3. The number of aryl methyl sites for hydroxylation is 1. The highest BCUT2D eigenvalue weighted by Crippen LogP contribution is 2.39. The molecule has 1 fully saturated rings. The monoisotopic (exact) mass is 643 g/mol. The third kappa shape index (κ3) is 7.26. The minimum atomic E-state index is -0.369. The third-order valence-corrected chi connectivity index (χ3v) is 9.28. The molecule has 2 aromatic heterocycles. The highest BCUT2D eigenvalue weighted by atomic mass is 16.2. The minimum Gasteiger partial charge on any atom is -0.317 e. The number of ketones is 1. The Hall–Kier alpha value is -5.02. The van der Waals surface area contributed by atoms with Crippen LogP contribution in [0.5, 0.6) is 0 Å². The van der Waals surface area contributed by atoms with Gasteiger partial charge in [0.05, 0.1) is 34.5 Å². The van der Waals surface area contributed by atoms with Crippen molar-refractivity contribution >= 4 is 23.3 Å². The van der Waals surface area contributed by atoms with E-state index in [1.807, 2.05) is 103 Å². The normalized spacial score (nSPS) is 14.4. The van der Waals surface area contributed by atoms with E-state index in [0.29, 0.717) is 23.5 Å². The number of Topliss-reactive ketones (excluding diaryl/α,β-unsaturated/α-hetero) is 1. The summed E-state index contributed by atoms with van der Waals surface area (Å²) in [5.74, 6) is 0.827. The van der Waals surface area contributed by atoms with E-state index in [4.69, 9.17) is 5.10 Å². The van der Waals surface area contributed by atoms with Crippen molar-refractivity contribution in [1.29, 1.82) is 0 Å². The van der Waals surface area contributed by atoms with Crippen molar-refractivity contribution < 1.29 is 9.59 Å². The standard InChI is InChI=1S/C39H45N7O2/c1-26-15-17-30(18-16-26)46-37(24-36(44-46)39(3,4)5)43-38(48)42-34-14-10-9-13-31(34)32(28-19-21-40-22-20-28)23-35(47)33-25-41-45(27(33)2)29-11-7-6-8-12-29/h6-18,24-25,28,32,40H,19-23H2,1-5H3,(H2,42,43,48). The second-order valence-electron chi connectivity index (χ2n) is 13.8. The first kappa shape index (κ1) is 32.9. The second-order valence-corrected chi connectivity index (χ2v) is 13.8. The molecule has 3 aromatic carbocycles. The van der Waals surface area contributed by atoms with E-state index in [1.165, 1.54) is 0 Å². The van der Waals surface area contributed by atoms with Crippen LogP contribution < -0.4 is 16.0 Å². The van der Waals surface area contributed by atoms with Gasteiger partial charge in [-0.3, -0.25) is 10.1 Å². The molecule has 1 atom stereocenters. The number of nitrogens with zero attached hydrogens (tertiary/aromatic N) is 4. The van der Waals surface area contributed by atoms with Crippen molar-refractivity contribution in [2.75, 3.05) is 23.7 Å². The van der Waals surface area contributed by atoms with Gasteiger partial charge in [0, 0.05) is 23.6 Å². The summed E-state index contributed by atoms with van der Waals surface area (Å²) in [4.78, 5) is 27.7. The lowest BCUT2D eigenvalue weighted by Crippen LogP contribution is -2.32. The maximum absolute atomic E-state index is 14.0. The van der Waals surface area contributed by atoms with Crippen LogP contribution in [0.25, 0.3) is 11.4 Å². The highest BCUT2D eigenvalue weighted by molar-refractivity contribution is 6.00. The zero-order chi connectivity index (χ0) is 33.8. The van der Waals surface area contributed by atoms with Crippen molar-refractivity contribution in [2.45, 2.75) is 65.2 Å². The molecule has 9 heteroatoms. The van der Waals surface area contributed by atoms with Crippen LogP contribution in [0.15, 0.2) is 91.1 Å². The molecule has 9 nitrogen and oxygen atoms in total. The second kappa shape index (κ2) is 14.0. The summed E-state index contributed by atoms with van der Waals surface area (Å²) >= 11 is 0. The summed E-state index contributed by atoms with van der Waals surface area (Å²) in [7, 11) is 0. The van der Waals surface area contributed by atoms with Crippen molar-refractivity contribution in [3.63, 3.8) is 0 Å². The predicted molar refractivity (Wildman–Crippen MR) is 192 cm³/mol. The molecule has 0 aliphatic carbocycles. The molecule has 0 bridgehead atoms. The van der Waals surface area contributed by atoms with Crippen LogP contribution in [0.3, 0.4) is 0 Å². The molecule has 48 heavy (non-hydrogen) atoms. The summed E-state index contributed by atoms with van der Waals surface area (Å²) in [5, 5.41) is 19.1. The van der Waals surface area contributed by atoms with Gasteiger partial charge >= 0.3 is 6.03 Å². The Morgan fingerprint density at radius 3 is 2.25 bits per heavy atom. The van der Waals surface area contributed by atoms with Crippen molar-refractivity contribution in [3.05, 3.63) is 119 Å². The number of carbonyl (C=O) groups is 2. The van der Waals surface area contributed by atoms with Gasteiger partial charge in [0.15, 0.2) is 5.78 Å². The zero-order valence-electron chi connectivity index (χ0n) is 28.5. The minimum absolute atomic E-state index is 0.0502. The average Bonchev–Trinajstić information content (AvgIpc) is 3.69. The van der Waals surface area contributed by atoms with Gasteiger partial charge in [-0.05, 0) is 87.5 Å². The first-order valence-corrected chi connectivity index (χ1v) is 16.8. The lowest BCUT2D eigenvalue weighted by Gasteiger charge is -2.32. The number of carbonyl (C=O) groups excluding carboxylic acids is 2. The van der Waals surface area contributed by atoms with Gasteiger partial charge in [-0.15, -0.1) is 0 Å². The van der Waals surface area contributed by atoms with Gasteiger partial charge in [0.2, 0.25) is 0 Å². The maximum atomic E-state index is 14.0. The number of aromatic nitrogens is 4. The summed E-state index contributed by atoms with van der Waals surface area (Å²) in [6.07, 6.45) is 3.91. The fourth-order valence-electron chi connectivity index (χ4n) is 6.52. The van der Waals surface area contributed by atoms with Crippen LogP contribution >= 0.6 is 0 Å². The zero-order valence-corrected chi connectivity index (χ0v) is 28.5. The lowest BCUT2D eigenvalue weighted by atomic mass is 9.76. The first-order chi connectivity index (χ1) is 23.1. The molecular formula is C39H45N7O2. The van der Waals surface area contributed by atoms with Crippen molar-refractivity contribution in [3.8, 4) is 11.4 Å². The Bertz CT molecular complexity index is 1880. The molecule has 1 saturated heterocycles. The molecule has 1 aliphatic rings. The molecule has 248 valence electrons. The quantitative estimate of drug-likeness (QED) is 0.141. The van der Waals surface area contributed by atoms with Crippen LogP contribution in [-0.2, 0) is 5.41 Å². The maximum Gasteiger partial charge on any atom is 0.324 e. The summed E-state index contributed by atoms with van der Waals surface area (Å²) in [6.45, 7) is 12.1. The van der Waals surface area contributed by atoms with Crippen molar-refractivity contribution in [1.82, 2.24) is 24.9 Å². The van der Waals surface area contributed by atoms with Gasteiger partial charge in [-0.2, -0.15) is 10.2 Å². The molecule has 3 N–H and O–H groups in total. The molecule has 6 rings (SSSR count). The molecule has 0 saturated carbocycles. The molecule has 1 aliphatic heterocycles. The number of urea groups is 1. The number of benzene rings is 3. The van der Waals surface area contributed by atoms with E-state index in [0.717, 1.165) is 59.8 Å². The predicted octanol–water partition coefficient (Wildman–Crippen LogP) is 7.97. The Kier molecular flexibility index (Phi) is 9.59. The molecule has 0 spiro atoms. The van der Waals surface area contributed by atoms with E-state index in [1.54, 1.807) is 10.9 Å². The fourth-order valence-corrected chi connectivity index (χ4v) is 6.52. The van der Waals surface area contributed by atoms with E-state index < -0.39 is 0 Å². The highest BCUT2D eigenvalue weighted by Gasteiger charge is 2.31. The topological polar surface area (TPSA) is 106 Å². The number of amides is 2. The number of hydrogen-bond acceptors (Lipinski definition) is 5. The SMILES string of the molecule is Cc1ccc(-n2nc(C(C)(C)C)cc2NC(=O)Nc2ccccc2C(CC(=O)c2cnn(-c3ccccc3)c2C)C2CCNCC2)cc1. The van der Waals surface area contributed by atoms with Crippen LogP contribution in [-0.4, -0.2) is 44.5 Å². The molecule has 0 radical (unpaired) electrons. The number of piperidine rings is 1. The lowest BCUT2D eigenvalue weighted by molar-refractivity contribution is 0.0958. The Labute approximate surface area is 282 Å². The van der Waals surface area contributed by atoms with Crippen molar-refractivity contribution in [2.24, 2.45) is 5.92 Å². The van der Waals surface area contributed by atoms with Gasteiger partial charge in [-0.25, -0.2) is 14.2 Å². The number of anilines is 2. The van der Waals surface area contributed by atoms with E-state index in [-0.39, 0.29) is 29.1 Å². The number of rotatable bonds is 9. The summed E-state index contributed by atoms with van der Waals surface area (Å²) in [5.41, 5.74) is 6.69. The molecule has 5 aromatic rings. The van der Waals surface area contributed by atoms with E-state index in [9.17, 15) is 9.59 Å². The molecule has 2 amide bonds. The van der Waals surface area contributed by atoms with Crippen LogP contribution in [0, 0.1) is 19.8 Å².